The fourth-order valence-corrected chi connectivity index (χ4v) is 4.12. The molecule has 2 aromatic carbocycles. The summed E-state index contributed by atoms with van der Waals surface area (Å²) in [6.45, 7) is 8.01. The third-order valence-corrected chi connectivity index (χ3v) is 6.50. The van der Waals surface area contributed by atoms with Gasteiger partial charge >= 0.3 is 5.97 Å². The molecule has 1 atom stereocenters. The smallest absolute Gasteiger partial charge is 0.343 e. The molecule has 0 aromatic heterocycles. The highest BCUT2D eigenvalue weighted by molar-refractivity contribution is 5.91. The predicted octanol–water partition coefficient (Wildman–Crippen LogP) is 7.32. The van der Waals surface area contributed by atoms with E-state index in [9.17, 15) is 4.79 Å². The molecule has 1 saturated carbocycles. The van der Waals surface area contributed by atoms with Crippen LogP contribution in [0.2, 0.25) is 0 Å². The molecular formula is C28H38O4. The molecule has 0 N–H and O–H groups in total. The Morgan fingerprint density at radius 1 is 0.844 bits per heavy atom. The van der Waals surface area contributed by atoms with Crippen LogP contribution < -0.4 is 14.2 Å². The van der Waals surface area contributed by atoms with Crippen LogP contribution >= 0.6 is 0 Å². The van der Waals surface area contributed by atoms with Gasteiger partial charge in [-0.25, -0.2) is 4.79 Å². The Kier molecular flexibility index (Phi) is 9.45. The maximum atomic E-state index is 12.4. The van der Waals surface area contributed by atoms with Crippen LogP contribution in [0.3, 0.4) is 0 Å². The van der Waals surface area contributed by atoms with Crippen LogP contribution in [0.4, 0.5) is 0 Å². The van der Waals surface area contributed by atoms with Gasteiger partial charge in [0, 0.05) is 0 Å². The van der Waals surface area contributed by atoms with Gasteiger partial charge in [0.05, 0.1) is 18.8 Å². The zero-order valence-electron chi connectivity index (χ0n) is 19.8. The second-order valence-corrected chi connectivity index (χ2v) is 9.20. The summed E-state index contributed by atoms with van der Waals surface area (Å²) in [7, 11) is 0. The quantitative estimate of drug-likeness (QED) is 0.272. The predicted molar refractivity (Wildman–Crippen MR) is 129 cm³/mol. The fourth-order valence-electron chi connectivity index (χ4n) is 4.12. The lowest BCUT2D eigenvalue weighted by atomic mass is 9.80. The normalized spacial score (nSPS) is 19.2. The maximum absolute atomic E-state index is 12.4. The molecule has 174 valence electrons. The first-order valence-electron chi connectivity index (χ1n) is 12.2. The SMILES string of the molecule is CCCC1CCC(COc2ccc(OC(=O)c3ccc(OC[C@@H](C)CC)cc3)cc2)CC1. The van der Waals surface area contributed by atoms with Crippen molar-refractivity contribution in [2.24, 2.45) is 17.8 Å². The third kappa shape index (κ3) is 7.58. The molecule has 0 radical (unpaired) electrons. The van der Waals surface area contributed by atoms with E-state index >= 15 is 0 Å². The molecule has 0 amide bonds. The molecule has 2 aromatic rings. The van der Waals surface area contributed by atoms with Gasteiger partial charge < -0.3 is 14.2 Å². The summed E-state index contributed by atoms with van der Waals surface area (Å²) in [6.07, 6.45) is 8.94. The molecule has 4 heteroatoms. The highest BCUT2D eigenvalue weighted by Crippen LogP contribution is 2.32. The summed E-state index contributed by atoms with van der Waals surface area (Å²) in [5.74, 6) is 3.80. The number of hydrogen-bond donors (Lipinski definition) is 0. The first-order chi connectivity index (χ1) is 15.6. The van der Waals surface area contributed by atoms with Crippen LogP contribution in [-0.2, 0) is 0 Å². The van der Waals surface area contributed by atoms with Crippen molar-refractivity contribution in [2.45, 2.75) is 65.7 Å². The van der Waals surface area contributed by atoms with Crippen LogP contribution in [0.1, 0.15) is 76.1 Å². The standard InChI is InChI=1S/C28H38O4/c1-4-6-22-7-9-23(10-8-22)20-31-26-15-17-27(18-16-26)32-28(29)24-11-13-25(14-12-24)30-19-21(3)5-2/h11-18,21-23H,4-10,19-20H2,1-3H3/t21-,22?,23?/m0/s1. The highest BCUT2D eigenvalue weighted by Gasteiger charge is 2.21. The summed E-state index contributed by atoms with van der Waals surface area (Å²) < 4.78 is 17.2. The van der Waals surface area contributed by atoms with E-state index in [4.69, 9.17) is 14.2 Å². The zero-order chi connectivity index (χ0) is 22.8. The largest absolute Gasteiger partial charge is 0.493 e. The molecule has 0 saturated heterocycles. The number of benzene rings is 2. The molecular weight excluding hydrogens is 400 g/mol. The molecule has 4 nitrogen and oxygen atoms in total. The topological polar surface area (TPSA) is 44.8 Å². The molecule has 0 aliphatic heterocycles. The summed E-state index contributed by atoms with van der Waals surface area (Å²) in [5.41, 5.74) is 0.500. The average molecular weight is 439 g/mol. The Bertz CT molecular complexity index is 804. The maximum Gasteiger partial charge on any atom is 0.343 e. The summed E-state index contributed by atoms with van der Waals surface area (Å²) in [6, 6.07) is 14.4. The summed E-state index contributed by atoms with van der Waals surface area (Å²) >= 11 is 0. The Morgan fingerprint density at radius 3 is 2.03 bits per heavy atom. The minimum Gasteiger partial charge on any atom is -0.493 e. The zero-order valence-corrected chi connectivity index (χ0v) is 19.8. The van der Waals surface area contributed by atoms with Crippen LogP contribution in [0.25, 0.3) is 0 Å². The van der Waals surface area contributed by atoms with Gasteiger partial charge in [0.15, 0.2) is 0 Å². The van der Waals surface area contributed by atoms with E-state index in [0.717, 1.165) is 30.4 Å². The second-order valence-electron chi connectivity index (χ2n) is 9.20. The molecule has 1 aliphatic rings. The first-order valence-corrected chi connectivity index (χ1v) is 12.2. The van der Waals surface area contributed by atoms with Gasteiger partial charge in [0.1, 0.15) is 17.2 Å². The lowest BCUT2D eigenvalue weighted by Gasteiger charge is -2.28. The minimum absolute atomic E-state index is 0.379. The van der Waals surface area contributed by atoms with Crippen molar-refractivity contribution in [2.75, 3.05) is 13.2 Å². The monoisotopic (exact) mass is 438 g/mol. The van der Waals surface area contributed by atoms with E-state index < -0.39 is 0 Å². The van der Waals surface area contributed by atoms with Gasteiger partial charge in [0.2, 0.25) is 0 Å². The second kappa shape index (κ2) is 12.5. The Labute approximate surface area is 193 Å². The van der Waals surface area contributed by atoms with Crippen LogP contribution in [0.5, 0.6) is 17.2 Å². The number of hydrogen-bond acceptors (Lipinski definition) is 4. The lowest BCUT2D eigenvalue weighted by molar-refractivity contribution is 0.0734. The number of carbonyl (C=O) groups excluding carboxylic acids is 1. The number of carbonyl (C=O) groups is 1. The van der Waals surface area contributed by atoms with Crippen LogP contribution in [0, 0.1) is 17.8 Å². The Balaban J connectivity index is 1.42. The number of esters is 1. The van der Waals surface area contributed by atoms with Crippen LogP contribution in [-0.4, -0.2) is 19.2 Å². The van der Waals surface area contributed by atoms with E-state index in [1.807, 2.05) is 24.3 Å². The summed E-state index contributed by atoms with van der Waals surface area (Å²) in [5, 5.41) is 0. The van der Waals surface area contributed by atoms with Crippen molar-refractivity contribution in [3.05, 3.63) is 54.1 Å². The molecule has 0 spiro atoms. The van der Waals surface area contributed by atoms with Gasteiger partial charge in [-0.05, 0) is 79.1 Å². The van der Waals surface area contributed by atoms with Gasteiger partial charge in [0.25, 0.3) is 0 Å². The van der Waals surface area contributed by atoms with Crippen molar-refractivity contribution >= 4 is 5.97 Å². The lowest BCUT2D eigenvalue weighted by Crippen LogP contribution is -2.20. The summed E-state index contributed by atoms with van der Waals surface area (Å²) in [4.78, 5) is 12.4. The van der Waals surface area contributed by atoms with Crippen LogP contribution in [0.15, 0.2) is 48.5 Å². The molecule has 1 aliphatic carbocycles. The van der Waals surface area contributed by atoms with Gasteiger partial charge in [-0.2, -0.15) is 0 Å². The Morgan fingerprint density at radius 2 is 1.41 bits per heavy atom. The molecule has 0 heterocycles. The number of ether oxygens (including phenoxy) is 3. The minimum atomic E-state index is -0.379. The van der Waals surface area contributed by atoms with Gasteiger partial charge in [-0.3, -0.25) is 0 Å². The van der Waals surface area contributed by atoms with Crippen molar-refractivity contribution < 1.29 is 19.0 Å². The van der Waals surface area contributed by atoms with E-state index in [1.54, 1.807) is 24.3 Å². The van der Waals surface area contributed by atoms with Gasteiger partial charge in [-0.1, -0.05) is 52.9 Å². The first kappa shape index (κ1) is 24.2. The van der Waals surface area contributed by atoms with E-state index in [2.05, 4.69) is 20.8 Å². The van der Waals surface area contributed by atoms with Crippen molar-refractivity contribution in [1.29, 1.82) is 0 Å². The molecule has 3 rings (SSSR count). The molecule has 32 heavy (non-hydrogen) atoms. The van der Waals surface area contributed by atoms with Crippen molar-refractivity contribution in [3.63, 3.8) is 0 Å². The molecule has 1 fully saturated rings. The van der Waals surface area contributed by atoms with Crippen molar-refractivity contribution in [1.82, 2.24) is 0 Å². The number of rotatable bonds is 11. The van der Waals surface area contributed by atoms with E-state index in [0.29, 0.717) is 29.8 Å². The average Bonchev–Trinajstić information content (AvgIpc) is 2.83. The molecule has 0 bridgehead atoms. The molecule has 0 unspecified atom stereocenters. The highest BCUT2D eigenvalue weighted by atomic mass is 16.5. The van der Waals surface area contributed by atoms with Crippen molar-refractivity contribution in [3.8, 4) is 17.2 Å². The van der Waals surface area contributed by atoms with E-state index in [-0.39, 0.29) is 5.97 Å². The fraction of sp³-hybridized carbons (Fsp3) is 0.536. The van der Waals surface area contributed by atoms with E-state index in [1.165, 1.54) is 38.5 Å². The Hall–Kier alpha value is -2.49. The van der Waals surface area contributed by atoms with Gasteiger partial charge in [-0.15, -0.1) is 0 Å². The third-order valence-electron chi connectivity index (χ3n) is 6.50.